The molecular weight excluding hydrogens is 372 g/mol. The van der Waals surface area contributed by atoms with Crippen molar-refractivity contribution < 1.29 is 0 Å². The average molecular weight is 393 g/mol. The zero-order valence-corrected chi connectivity index (χ0v) is 17.1. The Kier molecular flexibility index (Phi) is 3.42. The predicted molar refractivity (Wildman–Crippen MR) is 134 cm³/mol. The van der Waals surface area contributed by atoms with E-state index in [2.05, 4.69) is 109 Å². The van der Waals surface area contributed by atoms with Gasteiger partial charge in [0, 0.05) is 0 Å². The fourth-order valence-corrected chi connectivity index (χ4v) is 5.42. The molecule has 0 aliphatic heterocycles. The molecule has 0 heterocycles. The lowest BCUT2D eigenvalue weighted by Gasteiger charge is -2.12. The highest BCUT2D eigenvalue weighted by Crippen LogP contribution is 2.39. The van der Waals surface area contributed by atoms with Crippen LogP contribution < -0.4 is 0 Å². The van der Waals surface area contributed by atoms with Crippen molar-refractivity contribution in [1.29, 1.82) is 0 Å². The molecule has 6 aromatic rings. The Morgan fingerprint density at radius 1 is 0.484 bits per heavy atom. The lowest BCUT2D eigenvalue weighted by Crippen LogP contribution is -1.87. The van der Waals surface area contributed by atoms with Crippen molar-refractivity contribution in [1.82, 2.24) is 0 Å². The van der Waals surface area contributed by atoms with Crippen LogP contribution in [0.3, 0.4) is 0 Å². The molecule has 0 aromatic heterocycles. The second-order valence-electron chi connectivity index (χ2n) is 8.55. The van der Waals surface area contributed by atoms with Crippen molar-refractivity contribution >= 4 is 44.5 Å². The van der Waals surface area contributed by atoms with Crippen LogP contribution in [0.5, 0.6) is 0 Å². The summed E-state index contributed by atoms with van der Waals surface area (Å²) in [6.07, 6.45) is 5.62. The number of benzene rings is 6. The first-order valence-electron chi connectivity index (χ1n) is 10.9. The zero-order valence-electron chi connectivity index (χ0n) is 17.1. The molecule has 0 saturated heterocycles. The summed E-state index contributed by atoms with van der Waals surface area (Å²) < 4.78 is 0. The van der Waals surface area contributed by atoms with E-state index in [1.165, 1.54) is 65.7 Å². The fourth-order valence-electron chi connectivity index (χ4n) is 5.42. The summed E-state index contributed by atoms with van der Waals surface area (Å²) in [5.74, 6) is 0. The van der Waals surface area contributed by atoms with Gasteiger partial charge in [-0.25, -0.2) is 0 Å². The highest BCUT2D eigenvalue weighted by Gasteiger charge is 2.19. The van der Waals surface area contributed by atoms with E-state index in [-0.39, 0.29) is 0 Å². The lowest BCUT2D eigenvalue weighted by atomic mass is 9.91. The van der Waals surface area contributed by atoms with Crippen LogP contribution >= 0.6 is 0 Å². The van der Waals surface area contributed by atoms with Gasteiger partial charge in [0.25, 0.3) is 0 Å². The maximum absolute atomic E-state index is 2.30. The number of fused-ring (bicyclic) bond motifs is 3. The normalized spacial score (nSPS) is 12.9. The smallest absolute Gasteiger partial charge is 0.000751 e. The molecule has 0 amide bonds. The number of hydrogen-bond donors (Lipinski definition) is 0. The van der Waals surface area contributed by atoms with Crippen LogP contribution in [0, 0.1) is 0 Å². The van der Waals surface area contributed by atoms with Gasteiger partial charge in [0.1, 0.15) is 0 Å². The van der Waals surface area contributed by atoms with Crippen molar-refractivity contribution in [2.75, 3.05) is 0 Å². The molecule has 1 aliphatic rings. The van der Waals surface area contributed by atoms with Crippen LogP contribution in [-0.2, 0) is 6.42 Å². The van der Waals surface area contributed by atoms with Gasteiger partial charge in [0.05, 0.1) is 0 Å². The Hall–Kier alpha value is -3.90. The Morgan fingerprint density at radius 3 is 2.06 bits per heavy atom. The van der Waals surface area contributed by atoms with E-state index in [0.29, 0.717) is 0 Å². The van der Waals surface area contributed by atoms with Crippen LogP contribution in [0.25, 0.3) is 55.6 Å². The summed E-state index contributed by atoms with van der Waals surface area (Å²) in [6, 6.07) is 35.6. The maximum Gasteiger partial charge on any atom is -0.000751 e. The second-order valence-corrected chi connectivity index (χ2v) is 8.55. The van der Waals surface area contributed by atoms with E-state index in [1.807, 2.05) is 0 Å². The van der Waals surface area contributed by atoms with Gasteiger partial charge in [-0.15, -0.1) is 0 Å². The third kappa shape index (κ3) is 2.42. The third-order valence-electron chi connectivity index (χ3n) is 6.89. The SMILES string of the molecule is C(=Cc1ccc2ccc3cccc4ccc1c2c34)c1cccc2c1Cc1ccccc1-2. The molecule has 0 unspecified atom stereocenters. The molecule has 31 heavy (non-hydrogen) atoms. The highest BCUT2D eigenvalue weighted by atomic mass is 14.2. The number of hydrogen-bond acceptors (Lipinski definition) is 0. The molecule has 0 radical (unpaired) electrons. The molecule has 144 valence electrons. The van der Waals surface area contributed by atoms with Crippen molar-refractivity contribution in [3.05, 3.63) is 119 Å². The van der Waals surface area contributed by atoms with Gasteiger partial charge in [0.2, 0.25) is 0 Å². The summed E-state index contributed by atoms with van der Waals surface area (Å²) in [5.41, 5.74) is 8.24. The highest BCUT2D eigenvalue weighted by molar-refractivity contribution is 6.24. The second kappa shape index (κ2) is 6.30. The summed E-state index contributed by atoms with van der Waals surface area (Å²) in [5, 5.41) is 8.03. The van der Waals surface area contributed by atoms with Crippen LogP contribution in [0.1, 0.15) is 22.3 Å². The summed E-state index contributed by atoms with van der Waals surface area (Å²) in [6.45, 7) is 0. The maximum atomic E-state index is 2.30. The summed E-state index contributed by atoms with van der Waals surface area (Å²) in [4.78, 5) is 0. The van der Waals surface area contributed by atoms with Gasteiger partial charge in [-0.2, -0.15) is 0 Å². The van der Waals surface area contributed by atoms with Gasteiger partial charge < -0.3 is 0 Å². The molecule has 0 nitrogen and oxygen atoms in total. The molecule has 0 fully saturated rings. The van der Waals surface area contributed by atoms with E-state index in [9.17, 15) is 0 Å². The first-order valence-corrected chi connectivity index (χ1v) is 10.9. The van der Waals surface area contributed by atoms with Crippen molar-refractivity contribution in [2.24, 2.45) is 0 Å². The van der Waals surface area contributed by atoms with Crippen LogP contribution in [0.4, 0.5) is 0 Å². The van der Waals surface area contributed by atoms with E-state index < -0.39 is 0 Å². The van der Waals surface area contributed by atoms with Gasteiger partial charge in [-0.1, -0.05) is 109 Å². The first kappa shape index (κ1) is 16.8. The largest absolute Gasteiger partial charge is 0.0619 e. The van der Waals surface area contributed by atoms with Gasteiger partial charge in [-0.05, 0) is 72.1 Å². The minimum atomic E-state index is 1.02. The van der Waals surface area contributed by atoms with E-state index in [1.54, 1.807) is 0 Å². The minimum Gasteiger partial charge on any atom is -0.0619 e. The molecule has 1 aliphatic carbocycles. The molecule has 0 atom stereocenters. The van der Waals surface area contributed by atoms with Crippen molar-refractivity contribution in [3.8, 4) is 11.1 Å². The Morgan fingerprint density at radius 2 is 1.16 bits per heavy atom. The molecule has 7 rings (SSSR count). The van der Waals surface area contributed by atoms with Crippen molar-refractivity contribution in [2.45, 2.75) is 6.42 Å². The monoisotopic (exact) mass is 392 g/mol. The Bertz CT molecular complexity index is 1630. The molecule has 0 saturated carbocycles. The molecule has 0 bridgehead atoms. The predicted octanol–water partition coefficient (Wildman–Crippen LogP) is 8.33. The summed E-state index contributed by atoms with van der Waals surface area (Å²) >= 11 is 0. The minimum absolute atomic E-state index is 1.02. The standard InChI is InChI=1S/C31H20/c1-2-9-26-25(5-1)19-29-20(6-4-10-28(26)29)11-12-21-13-14-24-16-15-22-7-3-8-23-17-18-27(21)31(24)30(22)23/h1-18H,19H2. The number of rotatable bonds is 2. The van der Waals surface area contributed by atoms with Gasteiger partial charge in [0.15, 0.2) is 0 Å². The first-order chi connectivity index (χ1) is 15.4. The molecular formula is C31H20. The lowest BCUT2D eigenvalue weighted by molar-refractivity contribution is 1.25. The van der Waals surface area contributed by atoms with Crippen LogP contribution in [-0.4, -0.2) is 0 Å². The van der Waals surface area contributed by atoms with E-state index >= 15 is 0 Å². The Labute approximate surface area is 181 Å². The summed E-state index contributed by atoms with van der Waals surface area (Å²) in [7, 11) is 0. The van der Waals surface area contributed by atoms with E-state index in [4.69, 9.17) is 0 Å². The molecule has 0 N–H and O–H groups in total. The quantitative estimate of drug-likeness (QED) is 0.205. The molecule has 0 spiro atoms. The average Bonchev–Trinajstić information content (AvgIpc) is 3.21. The molecule has 0 heteroatoms. The van der Waals surface area contributed by atoms with Crippen molar-refractivity contribution in [3.63, 3.8) is 0 Å². The topological polar surface area (TPSA) is 0 Å². The van der Waals surface area contributed by atoms with E-state index in [0.717, 1.165) is 6.42 Å². The fraction of sp³-hybridized carbons (Fsp3) is 0.0323. The molecule has 6 aromatic carbocycles. The Balaban J connectivity index is 1.40. The van der Waals surface area contributed by atoms with Crippen LogP contribution in [0.15, 0.2) is 97.1 Å². The van der Waals surface area contributed by atoms with Gasteiger partial charge in [-0.3, -0.25) is 0 Å². The zero-order chi connectivity index (χ0) is 20.4. The van der Waals surface area contributed by atoms with Gasteiger partial charge >= 0.3 is 0 Å². The third-order valence-corrected chi connectivity index (χ3v) is 6.89. The van der Waals surface area contributed by atoms with Crippen LogP contribution in [0.2, 0.25) is 0 Å².